The van der Waals surface area contributed by atoms with Gasteiger partial charge in [0.1, 0.15) is 12.6 Å². The van der Waals surface area contributed by atoms with Crippen molar-refractivity contribution in [2.45, 2.75) is 59.2 Å². The first-order valence-corrected chi connectivity index (χ1v) is 9.16. The zero-order valence-corrected chi connectivity index (χ0v) is 15.2. The summed E-state index contributed by atoms with van der Waals surface area (Å²) in [4.78, 5) is 0. The van der Waals surface area contributed by atoms with Crippen LogP contribution in [-0.2, 0) is 0 Å². The maximum atomic E-state index is 3.67. The van der Waals surface area contributed by atoms with Gasteiger partial charge in [-0.15, -0.1) is 0 Å². The summed E-state index contributed by atoms with van der Waals surface area (Å²) in [6, 6.07) is 0.928. The molecule has 6 atom stereocenters. The fourth-order valence-electron chi connectivity index (χ4n) is 4.70. The van der Waals surface area contributed by atoms with Crippen LogP contribution in [0.2, 0.25) is 0 Å². The normalized spacial score (nSPS) is 41.9. The molecule has 2 heterocycles. The number of nitrogens with zero attached hydrogens (tertiary/aromatic N) is 1. The van der Waals surface area contributed by atoms with Crippen molar-refractivity contribution in [1.82, 2.24) is 10.6 Å². The molecule has 0 spiro atoms. The lowest BCUT2D eigenvalue weighted by Crippen LogP contribution is -2.47. The van der Waals surface area contributed by atoms with E-state index in [2.05, 4.69) is 52.4 Å². The molecule has 0 bridgehead atoms. The van der Waals surface area contributed by atoms with E-state index in [1.165, 1.54) is 36.8 Å². The molecule has 3 heteroatoms. The first-order chi connectivity index (χ1) is 9.91. The average molecular weight is 297 g/mol. The molecule has 124 valence electrons. The SMILES string of the molecule is CCNC(NC)C1CC(C)CC[N+]2(C)CC2C(C(C)C)C1. The molecule has 2 N–H and O–H groups in total. The Morgan fingerprint density at radius 1 is 1.24 bits per heavy atom. The van der Waals surface area contributed by atoms with Crippen molar-refractivity contribution in [3.05, 3.63) is 0 Å². The predicted molar refractivity (Wildman–Crippen MR) is 91.1 cm³/mol. The molecule has 21 heavy (non-hydrogen) atoms. The van der Waals surface area contributed by atoms with E-state index >= 15 is 0 Å². The van der Waals surface area contributed by atoms with E-state index in [-0.39, 0.29) is 0 Å². The molecular weight excluding hydrogens is 258 g/mol. The summed E-state index contributed by atoms with van der Waals surface area (Å²) < 4.78 is 1.35. The molecule has 2 fully saturated rings. The van der Waals surface area contributed by atoms with Crippen LogP contribution >= 0.6 is 0 Å². The third-order valence-electron chi connectivity index (χ3n) is 6.24. The summed E-state index contributed by atoms with van der Waals surface area (Å²) in [6.45, 7) is 13.4. The summed E-state index contributed by atoms with van der Waals surface area (Å²) in [5.74, 6) is 3.32. The highest BCUT2D eigenvalue weighted by Crippen LogP contribution is 2.44. The second kappa shape index (κ2) is 6.97. The van der Waals surface area contributed by atoms with E-state index in [0.717, 1.165) is 36.3 Å². The molecular formula is C18H38N3+. The van der Waals surface area contributed by atoms with Gasteiger partial charge in [-0.3, -0.25) is 0 Å². The summed E-state index contributed by atoms with van der Waals surface area (Å²) in [5, 5.41) is 7.22. The Bertz CT molecular complexity index is 330. The fraction of sp³-hybridized carbons (Fsp3) is 1.00. The van der Waals surface area contributed by atoms with Gasteiger partial charge in [0.25, 0.3) is 0 Å². The number of fused-ring (bicyclic) bond motifs is 1. The van der Waals surface area contributed by atoms with Gasteiger partial charge in [0.05, 0.1) is 19.8 Å². The number of rotatable bonds is 5. The van der Waals surface area contributed by atoms with Gasteiger partial charge >= 0.3 is 0 Å². The number of hydrogen-bond donors (Lipinski definition) is 2. The Balaban J connectivity index is 2.15. The second-order valence-electron chi connectivity index (χ2n) is 8.31. The number of hydrogen-bond acceptors (Lipinski definition) is 2. The number of nitrogens with one attached hydrogen (secondary N) is 2. The van der Waals surface area contributed by atoms with Crippen molar-refractivity contribution in [3.63, 3.8) is 0 Å². The molecule has 0 aromatic rings. The lowest BCUT2D eigenvalue weighted by atomic mass is 9.79. The minimum absolute atomic E-state index is 0.481. The summed E-state index contributed by atoms with van der Waals surface area (Å²) in [7, 11) is 4.61. The quantitative estimate of drug-likeness (QED) is 0.463. The number of quaternary nitrogens is 1. The number of likely N-dealkylation sites (N-methyl/N-ethyl adjacent to an activating group) is 1. The van der Waals surface area contributed by atoms with Gasteiger partial charge in [-0.25, -0.2) is 0 Å². The maximum Gasteiger partial charge on any atom is 0.142 e. The van der Waals surface area contributed by atoms with E-state index < -0.39 is 0 Å². The van der Waals surface area contributed by atoms with Crippen molar-refractivity contribution in [3.8, 4) is 0 Å². The van der Waals surface area contributed by atoms with E-state index in [1.54, 1.807) is 0 Å². The van der Waals surface area contributed by atoms with Crippen molar-refractivity contribution >= 4 is 0 Å². The highest BCUT2D eigenvalue weighted by atomic mass is 15.5. The van der Waals surface area contributed by atoms with E-state index in [1.807, 2.05) is 0 Å². The molecule has 2 saturated heterocycles. The van der Waals surface area contributed by atoms with Crippen LogP contribution in [0.3, 0.4) is 0 Å². The Kier molecular flexibility index (Phi) is 5.72. The first kappa shape index (κ1) is 17.2. The molecule has 2 rings (SSSR count). The maximum absolute atomic E-state index is 3.67. The third kappa shape index (κ3) is 4.00. The van der Waals surface area contributed by atoms with Crippen LogP contribution in [0.15, 0.2) is 0 Å². The van der Waals surface area contributed by atoms with Crippen LogP contribution in [-0.4, -0.2) is 50.4 Å². The molecule has 6 unspecified atom stereocenters. The molecule has 0 aromatic carbocycles. The molecule has 0 radical (unpaired) electrons. The van der Waals surface area contributed by atoms with Gasteiger partial charge in [-0.05, 0) is 50.6 Å². The minimum atomic E-state index is 0.481. The standard InChI is InChI=1S/C18H38N3/c1-7-20-18(19-5)15-10-14(4)8-9-21(6)12-17(21)16(11-15)13(2)3/h13-20H,7-12H2,1-6H3/q+1. The summed E-state index contributed by atoms with van der Waals surface area (Å²) in [5.41, 5.74) is 0. The molecule has 0 amide bonds. The lowest BCUT2D eigenvalue weighted by molar-refractivity contribution is -0.795. The van der Waals surface area contributed by atoms with Crippen LogP contribution in [0.4, 0.5) is 0 Å². The van der Waals surface area contributed by atoms with Gasteiger partial charge < -0.3 is 15.1 Å². The highest BCUT2D eigenvalue weighted by Gasteiger charge is 2.56. The van der Waals surface area contributed by atoms with Crippen LogP contribution < -0.4 is 10.6 Å². The highest BCUT2D eigenvalue weighted by molar-refractivity contribution is 4.89. The van der Waals surface area contributed by atoms with Gasteiger partial charge in [-0.1, -0.05) is 27.7 Å². The van der Waals surface area contributed by atoms with Crippen molar-refractivity contribution in [2.75, 3.05) is 33.7 Å². The van der Waals surface area contributed by atoms with E-state index in [0.29, 0.717) is 6.17 Å². The van der Waals surface area contributed by atoms with Crippen molar-refractivity contribution < 1.29 is 4.48 Å². The molecule has 2 aliphatic rings. The van der Waals surface area contributed by atoms with E-state index in [4.69, 9.17) is 0 Å². The first-order valence-electron chi connectivity index (χ1n) is 9.16. The zero-order valence-electron chi connectivity index (χ0n) is 15.2. The summed E-state index contributed by atoms with van der Waals surface area (Å²) in [6.07, 6.45) is 4.64. The topological polar surface area (TPSA) is 24.1 Å². The second-order valence-corrected chi connectivity index (χ2v) is 8.31. The van der Waals surface area contributed by atoms with E-state index in [9.17, 15) is 0 Å². The van der Waals surface area contributed by atoms with Crippen LogP contribution in [0.25, 0.3) is 0 Å². The predicted octanol–water partition coefficient (Wildman–Crippen LogP) is 2.68. The van der Waals surface area contributed by atoms with Crippen LogP contribution in [0.5, 0.6) is 0 Å². The largest absolute Gasteiger partial charge is 0.314 e. The van der Waals surface area contributed by atoms with Gasteiger partial charge in [0.2, 0.25) is 0 Å². The van der Waals surface area contributed by atoms with Crippen LogP contribution in [0, 0.1) is 23.7 Å². The van der Waals surface area contributed by atoms with Gasteiger partial charge in [0.15, 0.2) is 0 Å². The van der Waals surface area contributed by atoms with Crippen molar-refractivity contribution in [2.24, 2.45) is 23.7 Å². The minimum Gasteiger partial charge on any atom is -0.314 e. The third-order valence-corrected chi connectivity index (χ3v) is 6.24. The monoisotopic (exact) mass is 296 g/mol. The van der Waals surface area contributed by atoms with Crippen molar-refractivity contribution in [1.29, 1.82) is 0 Å². The van der Waals surface area contributed by atoms with Gasteiger partial charge in [0, 0.05) is 5.92 Å². The Labute approximate surface area is 132 Å². The zero-order chi connectivity index (χ0) is 15.6. The Morgan fingerprint density at radius 3 is 2.52 bits per heavy atom. The van der Waals surface area contributed by atoms with Crippen LogP contribution in [0.1, 0.15) is 47.0 Å². The Hall–Kier alpha value is -0.120. The molecule has 3 nitrogen and oxygen atoms in total. The smallest absolute Gasteiger partial charge is 0.142 e. The average Bonchev–Trinajstić information content (AvgIpc) is 3.09. The summed E-state index contributed by atoms with van der Waals surface area (Å²) >= 11 is 0. The molecule has 2 aliphatic heterocycles. The molecule has 0 saturated carbocycles. The fourth-order valence-corrected chi connectivity index (χ4v) is 4.70. The molecule has 0 aliphatic carbocycles. The molecule has 0 aromatic heterocycles. The Morgan fingerprint density at radius 2 is 1.95 bits per heavy atom. The lowest BCUT2D eigenvalue weighted by Gasteiger charge is -2.32. The van der Waals surface area contributed by atoms with Gasteiger partial charge in [-0.2, -0.15) is 0 Å².